The fourth-order valence-corrected chi connectivity index (χ4v) is 2.73. The average molecular weight is 303 g/mol. The first-order valence-electron chi connectivity index (χ1n) is 6.35. The van der Waals surface area contributed by atoms with Gasteiger partial charge in [0.15, 0.2) is 0 Å². The molecule has 0 unspecified atom stereocenters. The van der Waals surface area contributed by atoms with Gasteiger partial charge < -0.3 is 11.1 Å². The molecule has 1 aromatic carbocycles. The minimum absolute atomic E-state index is 0. The molecule has 1 saturated carbocycles. The minimum atomic E-state index is -0.396. The van der Waals surface area contributed by atoms with Crippen LogP contribution in [0.5, 0.6) is 0 Å². The van der Waals surface area contributed by atoms with Gasteiger partial charge in [0.2, 0.25) is 5.91 Å². The highest BCUT2D eigenvalue weighted by molar-refractivity contribution is 6.33. The summed E-state index contributed by atoms with van der Waals surface area (Å²) in [4.78, 5) is 12.4. The van der Waals surface area contributed by atoms with E-state index in [-0.39, 0.29) is 18.3 Å². The molecule has 0 aromatic heterocycles. The summed E-state index contributed by atoms with van der Waals surface area (Å²) in [6.07, 6.45) is 3.90. The molecule has 1 aromatic rings. The van der Waals surface area contributed by atoms with E-state index in [0.29, 0.717) is 17.3 Å². The molecule has 0 spiro atoms. The molecule has 0 atom stereocenters. The van der Waals surface area contributed by atoms with E-state index in [0.717, 1.165) is 31.2 Å². The quantitative estimate of drug-likeness (QED) is 0.897. The fourth-order valence-electron chi connectivity index (χ4n) is 2.57. The number of nitrogens with one attached hydrogen (secondary N) is 1. The van der Waals surface area contributed by atoms with Crippen LogP contribution < -0.4 is 11.1 Å². The van der Waals surface area contributed by atoms with Gasteiger partial charge in [-0.15, -0.1) is 12.4 Å². The van der Waals surface area contributed by atoms with Crippen LogP contribution >= 0.6 is 24.0 Å². The molecule has 3 N–H and O–H groups in total. The summed E-state index contributed by atoms with van der Waals surface area (Å²) in [7, 11) is 0. The Kier molecular flexibility index (Phi) is 5.65. The Hall–Kier alpha value is -0.770. The van der Waals surface area contributed by atoms with Gasteiger partial charge in [0.1, 0.15) is 0 Å². The van der Waals surface area contributed by atoms with Gasteiger partial charge >= 0.3 is 0 Å². The maximum absolute atomic E-state index is 12.4. The van der Waals surface area contributed by atoms with Gasteiger partial charge in [-0.25, -0.2) is 0 Å². The van der Waals surface area contributed by atoms with Crippen LogP contribution in [0.2, 0.25) is 5.02 Å². The van der Waals surface area contributed by atoms with Crippen LogP contribution in [0.1, 0.15) is 31.2 Å². The van der Waals surface area contributed by atoms with Crippen molar-refractivity contribution in [2.24, 2.45) is 11.1 Å². The molecule has 0 radical (unpaired) electrons. The second-order valence-corrected chi connectivity index (χ2v) is 5.54. The number of hydrogen-bond acceptors (Lipinski definition) is 2. The van der Waals surface area contributed by atoms with Crippen molar-refractivity contribution in [3.63, 3.8) is 0 Å². The SMILES string of the molecule is Cc1ccc(Cl)c(NC(=O)C2(CN)CCCC2)c1.Cl. The molecule has 1 aliphatic rings. The molecule has 2 rings (SSSR count). The summed E-state index contributed by atoms with van der Waals surface area (Å²) >= 11 is 6.09. The second kappa shape index (κ2) is 6.60. The van der Waals surface area contributed by atoms with E-state index in [4.69, 9.17) is 17.3 Å². The maximum atomic E-state index is 12.4. The lowest BCUT2D eigenvalue weighted by molar-refractivity contribution is -0.124. The molecule has 3 nitrogen and oxygen atoms in total. The lowest BCUT2D eigenvalue weighted by atomic mass is 9.85. The van der Waals surface area contributed by atoms with Crippen molar-refractivity contribution in [1.82, 2.24) is 0 Å². The normalized spacial score (nSPS) is 16.8. The van der Waals surface area contributed by atoms with E-state index in [1.165, 1.54) is 0 Å². The van der Waals surface area contributed by atoms with Crippen molar-refractivity contribution in [3.05, 3.63) is 28.8 Å². The first kappa shape index (κ1) is 16.3. The third-order valence-electron chi connectivity index (χ3n) is 3.80. The van der Waals surface area contributed by atoms with Crippen molar-refractivity contribution in [1.29, 1.82) is 0 Å². The third-order valence-corrected chi connectivity index (χ3v) is 4.13. The van der Waals surface area contributed by atoms with Gasteiger partial charge in [0.25, 0.3) is 0 Å². The number of aryl methyl sites for hydroxylation is 1. The lowest BCUT2D eigenvalue weighted by Gasteiger charge is -2.26. The minimum Gasteiger partial charge on any atom is -0.329 e. The predicted molar refractivity (Wildman–Crippen MR) is 82.0 cm³/mol. The van der Waals surface area contributed by atoms with Gasteiger partial charge in [0.05, 0.1) is 16.1 Å². The van der Waals surface area contributed by atoms with Gasteiger partial charge in [0, 0.05) is 6.54 Å². The summed E-state index contributed by atoms with van der Waals surface area (Å²) in [5.41, 5.74) is 7.16. The summed E-state index contributed by atoms with van der Waals surface area (Å²) in [6.45, 7) is 2.38. The molecule has 0 bridgehead atoms. The zero-order valence-electron chi connectivity index (χ0n) is 11.0. The van der Waals surface area contributed by atoms with E-state index in [1.54, 1.807) is 6.07 Å². The number of nitrogens with two attached hydrogens (primary N) is 1. The number of carbonyl (C=O) groups excluding carboxylic acids is 1. The molecule has 1 fully saturated rings. The smallest absolute Gasteiger partial charge is 0.231 e. The molecule has 19 heavy (non-hydrogen) atoms. The highest BCUT2D eigenvalue weighted by Crippen LogP contribution is 2.38. The Morgan fingerprint density at radius 1 is 1.42 bits per heavy atom. The van der Waals surface area contributed by atoms with Gasteiger partial charge in [-0.1, -0.05) is 30.5 Å². The van der Waals surface area contributed by atoms with Gasteiger partial charge in [-0.3, -0.25) is 4.79 Å². The number of halogens is 2. The molecule has 5 heteroatoms. The molecule has 0 aliphatic heterocycles. The Bertz CT molecular complexity index is 457. The summed E-state index contributed by atoms with van der Waals surface area (Å²) in [6, 6.07) is 5.61. The van der Waals surface area contributed by atoms with Gasteiger partial charge in [-0.05, 0) is 37.5 Å². The molecular formula is C14H20Cl2N2O. The zero-order valence-corrected chi connectivity index (χ0v) is 12.6. The van der Waals surface area contributed by atoms with Crippen LogP contribution in [0.3, 0.4) is 0 Å². The third kappa shape index (κ3) is 3.41. The van der Waals surface area contributed by atoms with Crippen LogP contribution in [0, 0.1) is 12.3 Å². The Morgan fingerprint density at radius 2 is 2.05 bits per heavy atom. The van der Waals surface area contributed by atoms with Crippen LogP contribution in [0.25, 0.3) is 0 Å². The molecule has 1 amide bonds. The van der Waals surface area contributed by atoms with Crippen LogP contribution in [0.15, 0.2) is 18.2 Å². The van der Waals surface area contributed by atoms with Crippen molar-refractivity contribution >= 4 is 35.6 Å². The molecule has 0 saturated heterocycles. The molecule has 106 valence electrons. The standard InChI is InChI=1S/C14H19ClN2O.ClH/c1-10-4-5-11(15)12(8-10)17-13(18)14(9-16)6-2-3-7-14;/h4-5,8H,2-3,6-7,9,16H2,1H3,(H,17,18);1H. The van der Waals surface area contributed by atoms with E-state index in [2.05, 4.69) is 5.32 Å². The first-order chi connectivity index (χ1) is 8.57. The van der Waals surface area contributed by atoms with Crippen LogP contribution in [0.4, 0.5) is 5.69 Å². The lowest BCUT2D eigenvalue weighted by Crippen LogP contribution is -2.40. The van der Waals surface area contributed by atoms with Crippen LogP contribution in [-0.4, -0.2) is 12.5 Å². The number of hydrogen-bond donors (Lipinski definition) is 2. The van der Waals surface area contributed by atoms with Crippen molar-refractivity contribution in [3.8, 4) is 0 Å². The van der Waals surface area contributed by atoms with Gasteiger partial charge in [-0.2, -0.15) is 0 Å². The average Bonchev–Trinajstić information content (AvgIpc) is 2.84. The largest absolute Gasteiger partial charge is 0.329 e. The maximum Gasteiger partial charge on any atom is 0.231 e. The van der Waals surface area contributed by atoms with Crippen molar-refractivity contribution in [2.45, 2.75) is 32.6 Å². The summed E-state index contributed by atoms with van der Waals surface area (Å²) in [5.74, 6) is 0.00926. The Labute approximate surface area is 125 Å². The molecule has 0 heterocycles. The zero-order chi connectivity index (χ0) is 13.2. The van der Waals surface area contributed by atoms with Crippen molar-refractivity contribution < 1.29 is 4.79 Å². The van der Waals surface area contributed by atoms with Crippen LogP contribution in [-0.2, 0) is 4.79 Å². The van der Waals surface area contributed by atoms with E-state index in [9.17, 15) is 4.79 Å². The number of benzene rings is 1. The Morgan fingerprint density at radius 3 is 2.63 bits per heavy atom. The molecular weight excluding hydrogens is 283 g/mol. The number of rotatable bonds is 3. The summed E-state index contributed by atoms with van der Waals surface area (Å²) in [5, 5.41) is 3.50. The Balaban J connectivity index is 0.00000180. The fraction of sp³-hybridized carbons (Fsp3) is 0.500. The monoisotopic (exact) mass is 302 g/mol. The van der Waals surface area contributed by atoms with E-state index < -0.39 is 5.41 Å². The highest BCUT2D eigenvalue weighted by atomic mass is 35.5. The second-order valence-electron chi connectivity index (χ2n) is 5.13. The summed E-state index contributed by atoms with van der Waals surface area (Å²) < 4.78 is 0. The predicted octanol–water partition coefficient (Wildman–Crippen LogP) is 3.53. The highest BCUT2D eigenvalue weighted by Gasteiger charge is 2.39. The number of carbonyl (C=O) groups is 1. The first-order valence-corrected chi connectivity index (χ1v) is 6.73. The van der Waals surface area contributed by atoms with E-state index in [1.807, 2.05) is 19.1 Å². The topological polar surface area (TPSA) is 55.1 Å². The number of amides is 1. The van der Waals surface area contributed by atoms with Crippen molar-refractivity contribution in [2.75, 3.05) is 11.9 Å². The molecule has 1 aliphatic carbocycles. The number of anilines is 1. The van der Waals surface area contributed by atoms with E-state index >= 15 is 0 Å².